The molecule has 0 radical (unpaired) electrons. The van der Waals surface area contributed by atoms with Crippen LogP contribution in [0.3, 0.4) is 0 Å². The highest BCUT2D eigenvalue weighted by Crippen LogP contribution is 2.26. The van der Waals surface area contributed by atoms with Crippen molar-refractivity contribution in [2.24, 2.45) is 5.73 Å². The summed E-state index contributed by atoms with van der Waals surface area (Å²) >= 11 is 0. The highest BCUT2D eigenvalue weighted by atomic mass is 19.1. The molecular formula is C28H35FN4O7. The molecule has 0 aliphatic heterocycles. The molecule has 216 valence electrons. The van der Waals surface area contributed by atoms with E-state index < -0.39 is 35.2 Å². The van der Waals surface area contributed by atoms with E-state index in [4.69, 9.17) is 35.8 Å². The predicted octanol–water partition coefficient (Wildman–Crippen LogP) is 3.39. The molecule has 11 nitrogen and oxygen atoms in total. The highest BCUT2D eigenvalue weighted by Gasteiger charge is 2.21. The van der Waals surface area contributed by atoms with Crippen molar-refractivity contribution >= 4 is 34.9 Å². The molecule has 0 spiro atoms. The summed E-state index contributed by atoms with van der Waals surface area (Å²) in [4.78, 5) is 37.9. The van der Waals surface area contributed by atoms with E-state index in [0.717, 1.165) is 18.2 Å². The van der Waals surface area contributed by atoms with Crippen molar-refractivity contribution in [2.75, 3.05) is 40.2 Å². The average molecular weight is 559 g/mol. The normalized spacial score (nSPS) is 12.3. The lowest BCUT2D eigenvalue weighted by Crippen LogP contribution is -2.30. The van der Waals surface area contributed by atoms with E-state index in [1.54, 1.807) is 59.1 Å². The van der Waals surface area contributed by atoms with Gasteiger partial charge in [0.05, 0.1) is 0 Å². The number of ketones is 1. The second kappa shape index (κ2) is 13.6. The van der Waals surface area contributed by atoms with Crippen LogP contribution in [0.2, 0.25) is 0 Å². The first-order valence-corrected chi connectivity index (χ1v) is 12.2. The molecule has 0 fully saturated rings. The molecule has 1 atom stereocenters. The van der Waals surface area contributed by atoms with Crippen LogP contribution in [0.5, 0.6) is 5.75 Å². The van der Waals surface area contributed by atoms with E-state index in [9.17, 15) is 18.8 Å². The number of hydrogen-bond acceptors (Lipinski definition) is 10. The summed E-state index contributed by atoms with van der Waals surface area (Å²) in [5.41, 5.74) is 11.4. The quantitative estimate of drug-likeness (QED) is 0.162. The molecule has 12 heteroatoms. The van der Waals surface area contributed by atoms with Gasteiger partial charge < -0.3 is 35.3 Å². The summed E-state index contributed by atoms with van der Waals surface area (Å²) in [6.45, 7) is 4.67. The van der Waals surface area contributed by atoms with Gasteiger partial charge in [0.1, 0.15) is 30.6 Å². The molecule has 2 aromatic carbocycles. The third kappa shape index (κ3) is 9.09. The minimum Gasteiger partial charge on any atom is -0.488 e. The Kier molecular flexibility index (Phi) is 10.8. The maximum Gasteiger partial charge on any atom is 0.508 e. The van der Waals surface area contributed by atoms with Crippen molar-refractivity contribution < 1.29 is 37.7 Å². The van der Waals surface area contributed by atoms with Gasteiger partial charge in [-0.1, -0.05) is 12.1 Å². The van der Waals surface area contributed by atoms with Crippen LogP contribution >= 0.6 is 0 Å². The van der Waals surface area contributed by atoms with Crippen molar-refractivity contribution in [3.05, 3.63) is 65.0 Å². The first-order valence-electron chi connectivity index (χ1n) is 12.2. The van der Waals surface area contributed by atoms with Gasteiger partial charge in [-0.05, 0) is 44.5 Å². The van der Waals surface area contributed by atoms with E-state index in [-0.39, 0.29) is 41.8 Å². The number of nitrogens with one attached hydrogen (secondary N) is 1. The van der Waals surface area contributed by atoms with Crippen molar-refractivity contribution in [1.82, 2.24) is 4.90 Å². The standard InChI is InChI=1S/C28H35FN4O7/c1-28(2,3)40-27(36)39-15-18(37-6)14-38-24-13-22(31)19(11-20(24)29)25(32)23(34)12-21(30)16-7-9-17(10-8-16)26(35)33(4)5/h7-13,18,32H,14-15,30-31H2,1-6H3/b21-12-,32-25?. The first-order chi connectivity index (χ1) is 18.6. The Balaban J connectivity index is 2.07. The lowest BCUT2D eigenvalue weighted by atomic mass is 10.0. The molecule has 40 heavy (non-hydrogen) atoms. The number of rotatable bonds is 11. The molecule has 1 unspecified atom stereocenters. The summed E-state index contributed by atoms with van der Waals surface area (Å²) in [5.74, 6) is -2.11. The first kappa shape index (κ1) is 31.8. The Morgan fingerprint density at radius 3 is 2.23 bits per heavy atom. The summed E-state index contributed by atoms with van der Waals surface area (Å²) in [5, 5.41) is 8.23. The summed E-state index contributed by atoms with van der Waals surface area (Å²) in [6, 6.07) is 8.34. The monoisotopic (exact) mass is 558 g/mol. The van der Waals surface area contributed by atoms with E-state index in [1.807, 2.05) is 0 Å². The number of carbonyl (C=O) groups excluding carboxylic acids is 3. The van der Waals surface area contributed by atoms with Gasteiger partial charge in [0.25, 0.3) is 5.91 Å². The molecule has 0 bridgehead atoms. The Hall–Kier alpha value is -4.45. The van der Waals surface area contributed by atoms with Crippen LogP contribution < -0.4 is 16.2 Å². The van der Waals surface area contributed by atoms with Crippen molar-refractivity contribution in [2.45, 2.75) is 32.5 Å². The number of ether oxygens (including phenoxy) is 4. The lowest BCUT2D eigenvalue weighted by molar-refractivity contribution is -0.108. The molecule has 0 saturated carbocycles. The fourth-order valence-corrected chi connectivity index (χ4v) is 3.20. The summed E-state index contributed by atoms with van der Waals surface area (Å²) < 4.78 is 35.5. The number of methoxy groups -OCH3 is 1. The van der Waals surface area contributed by atoms with Gasteiger partial charge in [-0.2, -0.15) is 0 Å². The van der Waals surface area contributed by atoms with Crippen molar-refractivity contribution in [3.8, 4) is 5.75 Å². The number of amides is 1. The highest BCUT2D eigenvalue weighted by molar-refractivity contribution is 6.50. The van der Waals surface area contributed by atoms with Crippen LogP contribution in [0.25, 0.3) is 5.70 Å². The van der Waals surface area contributed by atoms with Gasteiger partial charge in [0.2, 0.25) is 5.78 Å². The zero-order valence-corrected chi connectivity index (χ0v) is 23.4. The number of hydrogen-bond donors (Lipinski definition) is 3. The molecule has 0 saturated heterocycles. The Bertz CT molecular complexity index is 1280. The number of nitrogens with zero attached hydrogens (tertiary/aromatic N) is 1. The molecule has 0 aromatic heterocycles. The molecule has 0 heterocycles. The third-order valence-electron chi connectivity index (χ3n) is 5.31. The van der Waals surface area contributed by atoms with Gasteiger partial charge in [-0.25, -0.2) is 9.18 Å². The van der Waals surface area contributed by atoms with E-state index in [0.29, 0.717) is 11.1 Å². The smallest absolute Gasteiger partial charge is 0.488 e. The summed E-state index contributed by atoms with van der Waals surface area (Å²) in [6.07, 6.45) is -0.597. The molecule has 2 aromatic rings. The molecule has 2 rings (SSSR count). The molecule has 1 amide bonds. The van der Waals surface area contributed by atoms with E-state index >= 15 is 0 Å². The number of halogens is 1. The average Bonchev–Trinajstić information content (AvgIpc) is 2.88. The SMILES string of the molecule is COC(COC(=O)OC(C)(C)C)COc1cc(N)c(C(=N)C(=O)/C=C(\N)c2ccc(C(=O)N(C)C)cc2)cc1F. The van der Waals surface area contributed by atoms with Gasteiger partial charge >= 0.3 is 6.16 Å². The topological polar surface area (TPSA) is 167 Å². The third-order valence-corrected chi connectivity index (χ3v) is 5.31. The van der Waals surface area contributed by atoms with Crippen LogP contribution in [0.15, 0.2) is 42.5 Å². The summed E-state index contributed by atoms with van der Waals surface area (Å²) in [7, 11) is 4.62. The fraction of sp³-hybridized carbons (Fsp3) is 0.357. The van der Waals surface area contributed by atoms with E-state index in [1.165, 1.54) is 12.0 Å². The van der Waals surface area contributed by atoms with Crippen LogP contribution in [0.1, 0.15) is 42.3 Å². The van der Waals surface area contributed by atoms with Crippen LogP contribution in [0, 0.1) is 11.2 Å². The number of nitrogens with two attached hydrogens (primary N) is 2. The number of allylic oxidation sites excluding steroid dienone is 1. The number of benzene rings is 2. The van der Waals surface area contributed by atoms with Crippen molar-refractivity contribution in [3.63, 3.8) is 0 Å². The minimum absolute atomic E-state index is 0.0526. The van der Waals surface area contributed by atoms with Crippen LogP contribution in [-0.4, -0.2) is 74.6 Å². The second-order valence-electron chi connectivity index (χ2n) is 9.93. The minimum atomic E-state index is -0.886. The Morgan fingerprint density at radius 1 is 1.07 bits per heavy atom. The van der Waals surface area contributed by atoms with Crippen LogP contribution in [0.4, 0.5) is 14.9 Å². The number of carbonyl (C=O) groups is 3. The fourth-order valence-electron chi connectivity index (χ4n) is 3.20. The van der Waals surface area contributed by atoms with Gasteiger partial charge in [-0.15, -0.1) is 0 Å². The van der Waals surface area contributed by atoms with Crippen LogP contribution in [-0.2, 0) is 19.0 Å². The van der Waals surface area contributed by atoms with Gasteiger partial charge in [0.15, 0.2) is 11.6 Å². The Labute approximate surface area is 232 Å². The maximum absolute atomic E-state index is 14.8. The zero-order chi connectivity index (χ0) is 30.2. The maximum atomic E-state index is 14.8. The molecule has 0 aliphatic carbocycles. The van der Waals surface area contributed by atoms with Crippen molar-refractivity contribution in [1.29, 1.82) is 5.41 Å². The Morgan fingerprint density at radius 2 is 1.68 bits per heavy atom. The molecular weight excluding hydrogens is 523 g/mol. The zero-order valence-electron chi connectivity index (χ0n) is 23.4. The van der Waals surface area contributed by atoms with Gasteiger partial charge in [-0.3, -0.25) is 15.0 Å². The van der Waals surface area contributed by atoms with E-state index in [2.05, 4.69) is 0 Å². The predicted molar refractivity (Wildman–Crippen MR) is 148 cm³/mol. The number of nitrogen functional groups attached to an aromatic ring is 1. The van der Waals surface area contributed by atoms with Gasteiger partial charge in [0, 0.05) is 55.9 Å². The largest absolute Gasteiger partial charge is 0.508 e. The lowest BCUT2D eigenvalue weighted by Gasteiger charge is -2.21. The second-order valence-corrected chi connectivity index (χ2v) is 9.93. The molecule has 0 aliphatic rings. The number of anilines is 1. The molecule has 5 N–H and O–H groups in total.